The molecule has 0 aliphatic carbocycles. The summed E-state index contributed by atoms with van der Waals surface area (Å²) in [4.78, 5) is 1.98. The van der Waals surface area contributed by atoms with Crippen LogP contribution in [0.15, 0.2) is 42.1 Å². The van der Waals surface area contributed by atoms with E-state index in [1.54, 1.807) is 6.07 Å². The van der Waals surface area contributed by atoms with Crippen LogP contribution < -0.4 is 0 Å². The molecule has 0 fully saturated rings. The molecule has 0 spiro atoms. The van der Waals surface area contributed by atoms with Crippen LogP contribution in [-0.4, -0.2) is 11.9 Å². The summed E-state index contributed by atoms with van der Waals surface area (Å²) in [7, 11) is 1.95. The number of likely N-dealkylation sites (N-methyl/N-ethyl adjacent to an activating group) is 1. The molecule has 0 unspecified atom stereocenters. The number of rotatable bonds is 1. The fourth-order valence-corrected chi connectivity index (χ4v) is 2.19. The van der Waals surface area contributed by atoms with E-state index < -0.39 is 0 Å². The third-order valence-electron chi connectivity index (χ3n) is 2.81. The normalized spacial score (nSPS) is 14.9. The third-order valence-corrected chi connectivity index (χ3v) is 3.35. The summed E-state index contributed by atoms with van der Waals surface area (Å²) in [6, 6.07) is 5.44. The van der Waals surface area contributed by atoms with Crippen molar-refractivity contribution in [1.29, 1.82) is 0 Å². The third kappa shape index (κ3) is 3.08. The van der Waals surface area contributed by atoms with Crippen molar-refractivity contribution < 1.29 is 32.7 Å². The van der Waals surface area contributed by atoms with Gasteiger partial charge in [-0.05, 0) is 16.8 Å². The van der Waals surface area contributed by atoms with Crippen LogP contribution >= 0.6 is 23.2 Å². The van der Waals surface area contributed by atoms with Crippen LogP contribution in [0.4, 0.5) is 0 Å². The maximum absolute atomic E-state index is 6.19. The zero-order valence-corrected chi connectivity index (χ0v) is 14.6. The molecule has 2 rings (SSSR count). The number of nitrogens with zero attached hydrogens (tertiary/aromatic N) is 1. The first-order chi connectivity index (χ1) is 8.00. The smallest absolute Gasteiger partial charge is 0.0400 e. The van der Waals surface area contributed by atoms with Gasteiger partial charge in [0.1, 0.15) is 0 Å². The van der Waals surface area contributed by atoms with Crippen LogP contribution in [0.25, 0.3) is 5.70 Å². The van der Waals surface area contributed by atoms with Gasteiger partial charge >= 0.3 is 0 Å². The quantitative estimate of drug-likeness (QED) is 0.670. The van der Waals surface area contributed by atoms with Crippen molar-refractivity contribution in [3.63, 3.8) is 0 Å². The van der Waals surface area contributed by atoms with Crippen molar-refractivity contribution in [3.8, 4) is 0 Å². The number of halogens is 2. The molecule has 91 valence electrons. The molecule has 0 atom stereocenters. The Kier molecular flexibility index (Phi) is 5.67. The first-order valence-corrected chi connectivity index (χ1v) is 5.95. The van der Waals surface area contributed by atoms with E-state index in [0.717, 1.165) is 22.5 Å². The van der Waals surface area contributed by atoms with Crippen LogP contribution in [-0.2, 0) is 32.7 Å². The second kappa shape index (κ2) is 6.39. The molecule has 18 heavy (non-hydrogen) atoms. The van der Waals surface area contributed by atoms with Gasteiger partial charge in [0.05, 0.1) is 0 Å². The second-order valence-corrected chi connectivity index (χ2v) is 4.79. The van der Waals surface area contributed by atoms with Crippen molar-refractivity contribution in [2.45, 2.75) is 6.92 Å². The van der Waals surface area contributed by atoms with Gasteiger partial charge in [-0.1, -0.05) is 54.0 Å². The molecule has 0 aromatic heterocycles. The minimum atomic E-state index is 0. The van der Waals surface area contributed by atoms with Crippen molar-refractivity contribution in [2.75, 3.05) is 7.05 Å². The molecule has 1 aliphatic heterocycles. The van der Waals surface area contributed by atoms with Gasteiger partial charge in [0.2, 0.25) is 0 Å². The van der Waals surface area contributed by atoms with Crippen molar-refractivity contribution in [2.24, 2.45) is 0 Å². The van der Waals surface area contributed by atoms with Gasteiger partial charge in [0.25, 0.3) is 0 Å². The Morgan fingerprint density at radius 3 is 2.56 bits per heavy atom. The van der Waals surface area contributed by atoms with Crippen LogP contribution in [0, 0.1) is 6.08 Å². The van der Waals surface area contributed by atoms with Crippen LogP contribution in [0.5, 0.6) is 0 Å². The van der Waals surface area contributed by atoms with Gasteiger partial charge in [-0.3, -0.25) is 0 Å². The second-order valence-electron chi connectivity index (χ2n) is 3.95. The Balaban J connectivity index is 0.00000162. The first-order valence-electron chi connectivity index (χ1n) is 5.19. The minimum absolute atomic E-state index is 0. The van der Waals surface area contributed by atoms with E-state index in [-0.39, 0.29) is 32.7 Å². The Morgan fingerprint density at radius 2 is 1.94 bits per heavy atom. The molecule has 1 aromatic rings. The van der Waals surface area contributed by atoms with E-state index in [1.807, 2.05) is 37.1 Å². The predicted molar refractivity (Wildman–Crippen MR) is 73.8 cm³/mol. The zero-order chi connectivity index (χ0) is 12.6. The van der Waals surface area contributed by atoms with Crippen molar-refractivity contribution in [1.82, 2.24) is 4.90 Å². The topological polar surface area (TPSA) is 3.24 Å². The summed E-state index contributed by atoms with van der Waals surface area (Å²) >= 11 is 12.1. The molecule has 1 aliphatic rings. The summed E-state index contributed by atoms with van der Waals surface area (Å²) in [5.41, 5.74) is 3.86. The largest absolute Gasteiger partial charge is 0.378 e. The maximum Gasteiger partial charge on any atom is 0.0400 e. The van der Waals surface area contributed by atoms with Crippen LogP contribution in [0.3, 0.4) is 0 Å². The molecule has 1 heterocycles. The summed E-state index contributed by atoms with van der Waals surface area (Å²) in [6.45, 7) is 6.03. The minimum Gasteiger partial charge on any atom is -0.378 e. The SMILES string of the molecule is C=C1C(C)=C[C-]=C(c2ccc(Cl)cc2Cl)N1C.[Y]. The molecular formula is C14H12Cl2NY-. The van der Waals surface area contributed by atoms with E-state index >= 15 is 0 Å². The Bertz CT molecular complexity index is 547. The summed E-state index contributed by atoms with van der Waals surface area (Å²) in [6.07, 6.45) is 5.14. The molecule has 0 saturated carbocycles. The zero-order valence-electron chi connectivity index (χ0n) is 10.3. The van der Waals surface area contributed by atoms with Gasteiger partial charge in [-0.25, -0.2) is 0 Å². The molecule has 0 N–H and O–H groups in total. The Morgan fingerprint density at radius 1 is 1.28 bits per heavy atom. The van der Waals surface area contributed by atoms with Gasteiger partial charge in [0.15, 0.2) is 0 Å². The van der Waals surface area contributed by atoms with Crippen molar-refractivity contribution >= 4 is 28.9 Å². The standard InChI is InChI=1S/C14H12Cl2N.Y/c1-9-4-7-14(17(3)10(9)2)12-6-5-11(15)8-13(12)16;/h4-6,8H,2H2,1,3H3;/q-1;. The van der Waals surface area contributed by atoms with Gasteiger partial charge in [-0.2, -0.15) is 12.2 Å². The van der Waals surface area contributed by atoms with Gasteiger partial charge < -0.3 is 4.90 Å². The molecule has 1 nitrogen and oxygen atoms in total. The predicted octanol–water partition coefficient (Wildman–Crippen LogP) is 4.54. The molecule has 0 bridgehead atoms. The van der Waals surface area contributed by atoms with Crippen LogP contribution in [0.2, 0.25) is 10.0 Å². The summed E-state index contributed by atoms with van der Waals surface area (Å²) in [5, 5.41) is 1.25. The van der Waals surface area contributed by atoms with E-state index in [1.165, 1.54) is 0 Å². The van der Waals surface area contributed by atoms with E-state index in [0.29, 0.717) is 10.0 Å². The van der Waals surface area contributed by atoms with Crippen LogP contribution in [0.1, 0.15) is 12.5 Å². The molecule has 0 saturated heterocycles. The fraction of sp³-hybridized carbons (Fsp3) is 0.143. The van der Waals surface area contributed by atoms with E-state index in [4.69, 9.17) is 23.2 Å². The summed E-state index contributed by atoms with van der Waals surface area (Å²) in [5.74, 6) is 0. The molecule has 4 heteroatoms. The number of hydrogen-bond donors (Lipinski definition) is 0. The first kappa shape index (κ1) is 16.0. The number of allylic oxidation sites excluding steroid dienone is 3. The van der Waals surface area contributed by atoms with Gasteiger partial charge in [-0.15, -0.1) is 11.6 Å². The van der Waals surface area contributed by atoms with Crippen molar-refractivity contribution in [3.05, 3.63) is 63.8 Å². The number of benzene rings is 1. The fourth-order valence-electron chi connectivity index (χ4n) is 1.70. The number of hydrogen-bond acceptors (Lipinski definition) is 1. The summed E-state index contributed by atoms with van der Waals surface area (Å²) < 4.78 is 0. The van der Waals surface area contributed by atoms with Gasteiger partial charge in [0, 0.05) is 44.8 Å². The molecular weight excluding hydrogens is 342 g/mol. The molecule has 1 radical (unpaired) electrons. The Hall–Kier alpha value is -0.0761. The molecule has 0 amide bonds. The van der Waals surface area contributed by atoms with E-state index in [2.05, 4.69) is 12.7 Å². The Labute approximate surface area is 143 Å². The monoisotopic (exact) mass is 353 g/mol. The average molecular weight is 354 g/mol. The van der Waals surface area contributed by atoms with E-state index in [9.17, 15) is 0 Å². The average Bonchev–Trinajstić information content (AvgIpc) is 2.28. The maximum atomic E-state index is 6.19. The molecule has 1 aromatic carbocycles.